The molecule has 1 saturated carbocycles. The summed E-state index contributed by atoms with van der Waals surface area (Å²) in [5, 5.41) is 3.36. The Kier molecular flexibility index (Phi) is 4.66. The number of carbonyl (C=O) groups excluding carboxylic acids is 1. The van der Waals surface area contributed by atoms with Gasteiger partial charge in [0.05, 0.1) is 0 Å². The summed E-state index contributed by atoms with van der Waals surface area (Å²) < 4.78 is 0. The highest BCUT2D eigenvalue weighted by Gasteiger charge is 2.20. The normalized spacial score (nSPS) is 14.6. The van der Waals surface area contributed by atoms with E-state index in [0.717, 1.165) is 12.2 Å². The molecule has 0 aliphatic heterocycles. The molecule has 98 valence electrons. The number of nitrogens with zero attached hydrogens (tertiary/aromatic N) is 1. The molecular formula is C14H20N2OS. The molecule has 1 aliphatic rings. The van der Waals surface area contributed by atoms with E-state index in [1.165, 1.54) is 17.7 Å². The Morgan fingerprint density at radius 2 is 2.06 bits per heavy atom. The molecule has 0 spiro atoms. The van der Waals surface area contributed by atoms with Crippen LogP contribution in [-0.4, -0.2) is 31.8 Å². The molecule has 3 nitrogen and oxygen atoms in total. The molecule has 0 saturated heterocycles. The number of hydrogen-bond donors (Lipinski definition) is 1. The third-order valence-electron chi connectivity index (χ3n) is 3.18. The van der Waals surface area contributed by atoms with Gasteiger partial charge in [-0.3, -0.25) is 4.79 Å². The van der Waals surface area contributed by atoms with E-state index in [1.54, 1.807) is 16.7 Å². The number of nitrogens with one attached hydrogen (secondary N) is 1. The van der Waals surface area contributed by atoms with E-state index in [-0.39, 0.29) is 5.91 Å². The van der Waals surface area contributed by atoms with Crippen LogP contribution in [0.15, 0.2) is 29.2 Å². The van der Waals surface area contributed by atoms with E-state index in [9.17, 15) is 4.79 Å². The van der Waals surface area contributed by atoms with E-state index in [1.807, 2.05) is 37.6 Å². The molecule has 1 aromatic carbocycles. The number of amides is 1. The molecule has 1 aliphatic carbocycles. The molecule has 0 heterocycles. The zero-order valence-corrected chi connectivity index (χ0v) is 11.8. The minimum atomic E-state index is 0.167. The van der Waals surface area contributed by atoms with Crippen LogP contribution in [0.25, 0.3) is 0 Å². The summed E-state index contributed by atoms with van der Waals surface area (Å²) in [6, 6.07) is 8.76. The molecule has 1 aromatic rings. The molecule has 4 heteroatoms. The van der Waals surface area contributed by atoms with Crippen molar-refractivity contribution in [3.05, 3.63) is 24.3 Å². The lowest BCUT2D eigenvalue weighted by Gasteiger charge is -2.17. The van der Waals surface area contributed by atoms with Crippen molar-refractivity contribution in [2.45, 2.75) is 30.2 Å². The quantitative estimate of drug-likeness (QED) is 0.801. The molecule has 0 atom stereocenters. The maximum atomic E-state index is 12.0. The topological polar surface area (TPSA) is 32.3 Å². The first-order chi connectivity index (χ1) is 8.70. The van der Waals surface area contributed by atoms with Crippen LogP contribution in [-0.2, 0) is 4.79 Å². The Balaban J connectivity index is 1.83. The van der Waals surface area contributed by atoms with E-state index in [2.05, 4.69) is 5.32 Å². The summed E-state index contributed by atoms with van der Waals surface area (Å²) in [7, 11) is 1.84. The molecule has 0 aromatic heterocycles. The van der Waals surface area contributed by atoms with Crippen molar-refractivity contribution in [1.82, 2.24) is 5.32 Å². The van der Waals surface area contributed by atoms with E-state index in [0.29, 0.717) is 12.5 Å². The van der Waals surface area contributed by atoms with Crippen molar-refractivity contribution in [2.24, 2.45) is 0 Å². The Morgan fingerprint density at radius 1 is 1.39 bits per heavy atom. The monoisotopic (exact) mass is 264 g/mol. The van der Waals surface area contributed by atoms with Gasteiger partial charge in [0.1, 0.15) is 0 Å². The van der Waals surface area contributed by atoms with E-state index >= 15 is 0 Å². The minimum absolute atomic E-state index is 0.167. The van der Waals surface area contributed by atoms with Crippen molar-refractivity contribution in [2.75, 3.05) is 24.7 Å². The van der Waals surface area contributed by atoms with Gasteiger partial charge in [-0.15, -0.1) is 11.8 Å². The Labute approximate surface area is 113 Å². The third kappa shape index (κ3) is 3.75. The van der Waals surface area contributed by atoms with Gasteiger partial charge in [0.25, 0.3) is 0 Å². The molecule has 0 radical (unpaired) electrons. The van der Waals surface area contributed by atoms with Crippen molar-refractivity contribution >= 4 is 23.4 Å². The van der Waals surface area contributed by atoms with Crippen LogP contribution in [0, 0.1) is 0 Å². The van der Waals surface area contributed by atoms with Gasteiger partial charge in [0, 0.05) is 36.6 Å². The number of anilines is 1. The molecule has 1 amide bonds. The van der Waals surface area contributed by atoms with Gasteiger partial charge >= 0.3 is 0 Å². The largest absolute Gasteiger partial charge is 0.315 e. The van der Waals surface area contributed by atoms with Crippen molar-refractivity contribution in [3.63, 3.8) is 0 Å². The first-order valence-corrected chi connectivity index (χ1v) is 7.57. The highest BCUT2D eigenvalue weighted by molar-refractivity contribution is 7.98. The van der Waals surface area contributed by atoms with Crippen LogP contribution >= 0.6 is 11.8 Å². The third-order valence-corrected chi connectivity index (χ3v) is 3.93. The summed E-state index contributed by atoms with van der Waals surface area (Å²) in [6.07, 6.45) is 5.14. The zero-order chi connectivity index (χ0) is 13.0. The first-order valence-electron chi connectivity index (χ1n) is 6.34. The van der Waals surface area contributed by atoms with E-state index in [4.69, 9.17) is 0 Å². The lowest BCUT2D eigenvalue weighted by atomic mass is 10.2. The highest BCUT2D eigenvalue weighted by Crippen LogP contribution is 2.20. The van der Waals surface area contributed by atoms with Crippen LogP contribution in [0.4, 0.5) is 5.69 Å². The van der Waals surface area contributed by atoms with Gasteiger partial charge in [-0.05, 0) is 43.4 Å². The predicted octanol–water partition coefficient (Wildman–Crippen LogP) is 2.51. The number of thioether (sulfide) groups is 1. The fourth-order valence-electron chi connectivity index (χ4n) is 1.79. The van der Waals surface area contributed by atoms with Crippen LogP contribution < -0.4 is 10.2 Å². The molecule has 0 unspecified atom stereocenters. The van der Waals surface area contributed by atoms with Crippen LogP contribution in [0.5, 0.6) is 0 Å². The zero-order valence-electron chi connectivity index (χ0n) is 11.0. The second kappa shape index (κ2) is 6.25. The lowest BCUT2D eigenvalue weighted by Crippen LogP contribution is -2.30. The van der Waals surface area contributed by atoms with Crippen molar-refractivity contribution in [3.8, 4) is 0 Å². The van der Waals surface area contributed by atoms with Crippen molar-refractivity contribution in [1.29, 1.82) is 0 Å². The smallest absolute Gasteiger partial charge is 0.227 e. The summed E-state index contributed by atoms with van der Waals surface area (Å²) in [5.41, 5.74) is 0.962. The fourth-order valence-corrected chi connectivity index (χ4v) is 2.20. The molecule has 2 rings (SSSR count). The number of hydrogen-bond acceptors (Lipinski definition) is 3. The fraction of sp³-hybridized carbons (Fsp3) is 0.500. The Bertz CT molecular complexity index is 401. The minimum Gasteiger partial charge on any atom is -0.315 e. The van der Waals surface area contributed by atoms with Gasteiger partial charge in [-0.1, -0.05) is 0 Å². The van der Waals surface area contributed by atoms with Gasteiger partial charge in [0.2, 0.25) is 5.91 Å². The second-order valence-corrected chi connectivity index (χ2v) is 5.51. The predicted molar refractivity (Wildman–Crippen MR) is 77.3 cm³/mol. The SMILES string of the molecule is CSc1ccc(N(C)C(=O)CCNC2CC2)cc1. The van der Waals surface area contributed by atoms with Crippen LogP contribution in [0.3, 0.4) is 0 Å². The number of benzene rings is 1. The van der Waals surface area contributed by atoms with Gasteiger partial charge in [0.15, 0.2) is 0 Å². The first kappa shape index (κ1) is 13.4. The molecule has 18 heavy (non-hydrogen) atoms. The number of carbonyl (C=O) groups is 1. The van der Waals surface area contributed by atoms with Gasteiger partial charge in [-0.2, -0.15) is 0 Å². The second-order valence-electron chi connectivity index (χ2n) is 4.63. The summed E-state index contributed by atoms with van der Waals surface area (Å²) in [5.74, 6) is 0.167. The number of rotatable bonds is 6. The Morgan fingerprint density at radius 3 is 2.61 bits per heavy atom. The van der Waals surface area contributed by atoms with E-state index < -0.39 is 0 Å². The lowest BCUT2D eigenvalue weighted by molar-refractivity contribution is -0.118. The van der Waals surface area contributed by atoms with Crippen LogP contribution in [0.2, 0.25) is 0 Å². The highest BCUT2D eigenvalue weighted by atomic mass is 32.2. The standard InChI is InChI=1S/C14H20N2OS/c1-16(12-5-7-13(18-2)8-6-12)14(17)9-10-15-11-3-4-11/h5-8,11,15H,3-4,9-10H2,1-2H3. The summed E-state index contributed by atoms with van der Waals surface area (Å²) in [4.78, 5) is 14.9. The maximum absolute atomic E-state index is 12.0. The molecule has 0 bridgehead atoms. The molecule has 1 N–H and O–H groups in total. The maximum Gasteiger partial charge on any atom is 0.227 e. The summed E-state index contributed by atoms with van der Waals surface area (Å²) >= 11 is 1.71. The van der Waals surface area contributed by atoms with Gasteiger partial charge < -0.3 is 10.2 Å². The van der Waals surface area contributed by atoms with Crippen LogP contribution in [0.1, 0.15) is 19.3 Å². The molecule has 1 fully saturated rings. The molecular weight excluding hydrogens is 244 g/mol. The Hall–Kier alpha value is -1.00. The average Bonchev–Trinajstić information content (AvgIpc) is 3.22. The average molecular weight is 264 g/mol. The van der Waals surface area contributed by atoms with Gasteiger partial charge in [-0.25, -0.2) is 0 Å². The summed E-state index contributed by atoms with van der Waals surface area (Å²) in [6.45, 7) is 0.788. The van der Waals surface area contributed by atoms with Crippen molar-refractivity contribution < 1.29 is 4.79 Å².